The zero-order valence-corrected chi connectivity index (χ0v) is 16.3. The molecular weight excluding hydrogens is 378 g/mol. The summed E-state index contributed by atoms with van der Waals surface area (Å²) in [6.45, 7) is 3.91. The first-order valence-electron chi connectivity index (χ1n) is 7.52. The molecule has 5 nitrogen and oxygen atoms in total. The number of carbonyl (C=O) groups excluding carboxylic acids is 1. The molecule has 0 aliphatic heterocycles. The van der Waals surface area contributed by atoms with Crippen molar-refractivity contribution in [2.24, 2.45) is 7.05 Å². The van der Waals surface area contributed by atoms with E-state index in [0.717, 1.165) is 10.4 Å². The number of anilines is 1. The summed E-state index contributed by atoms with van der Waals surface area (Å²) in [5, 5.41) is 4.43. The number of carbonyl (C=O) groups is 1. The molecule has 0 aliphatic carbocycles. The predicted molar refractivity (Wildman–Crippen MR) is 105 cm³/mol. The van der Waals surface area contributed by atoms with E-state index < -0.39 is 0 Å². The molecule has 3 rings (SSSR count). The van der Waals surface area contributed by atoms with E-state index >= 15 is 0 Å². The fourth-order valence-electron chi connectivity index (χ4n) is 2.36. The first-order valence-corrected chi connectivity index (χ1v) is 9.70. The Labute approximate surface area is 158 Å². The van der Waals surface area contributed by atoms with Crippen LogP contribution in [0.2, 0.25) is 5.02 Å². The lowest BCUT2D eigenvalue weighted by Gasteiger charge is -2.09. The van der Waals surface area contributed by atoms with Gasteiger partial charge in [0.15, 0.2) is 5.16 Å². The standard InChI is InChI=1S/C17H16ClN3O2S2/c1-9-10(2)25-15-14(9)16(23)21(3)17(20-15)24-8-13(22)19-12-7-5-4-6-11(12)18/h4-7H,8H2,1-3H3,(H,19,22). The average molecular weight is 394 g/mol. The van der Waals surface area contributed by atoms with Crippen LogP contribution in [0.5, 0.6) is 0 Å². The minimum atomic E-state index is -0.203. The minimum absolute atomic E-state index is 0.0825. The largest absolute Gasteiger partial charge is 0.324 e. The summed E-state index contributed by atoms with van der Waals surface area (Å²) >= 11 is 8.76. The maximum atomic E-state index is 12.6. The molecule has 0 atom stereocenters. The van der Waals surface area contributed by atoms with Crippen molar-refractivity contribution in [1.82, 2.24) is 9.55 Å². The highest BCUT2D eigenvalue weighted by atomic mass is 35.5. The molecule has 1 aromatic carbocycles. The normalized spacial score (nSPS) is 11.0. The van der Waals surface area contributed by atoms with E-state index in [0.29, 0.717) is 26.1 Å². The van der Waals surface area contributed by atoms with E-state index in [2.05, 4.69) is 10.3 Å². The number of nitrogens with zero attached hydrogens (tertiary/aromatic N) is 2. The molecule has 25 heavy (non-hydrogen) atoms. The molecule has 0 bridgehead atoms. The van der Waals surface area contributed by atoms with Crippen molar-refractivity contribution in [3.05, 3.63) is 50.1 Å². The quantitative estimate of drug-likeness (QED) is 0.537. The number of aryl methyl sites for hydroxylation is 2. The summed E-state index contributed by atoms with van der Waals surface area (Å²) in [4.78, 5) is 31.1. The number of benzene rings is 1. The fourth-order valence-corrected chi connectivity index (χ4v) is 4.39. The number of para-hydroxylation sites is 1. The van der Waals surface area contributed by atoms with Gasteiger partial charge in [0.2, 0.25) is 5.91 Å². The lowest BCUT2D eigenvalue weighted by atomic mass is 10.2. The lowest BCUT2D eigenvalue weighted by molar-refractivity contribution is -0.113. The predicted octanol–water partition coefficient (Wildman–Crippen LogP) is 4.00. The second kappa shape index (κ2) is 7.19. The molecule has 1 amide bonds. The van der Waals surface area contributed by atoms with Crippen molar-refractivity contribution in [2.45, 2.75) is 19.0 Å². The van der Waals surface area contributed by atoms with Gasteiger partial charge in [0, 0.05) is 11.9 Å². The van der Waals surface area contributed by atoms with Crippen molar-refractivity contribution in [1.29, 1.82) is 0 Å². The summed E-state index contributed by atoms with van der Waals surface area (Å²) in [5.41, 5.74) is 1.46. The van der Waals surface area contributed by atoms with Gasteiger partial charge in [-0.15, -0.1) is 11.3 Å². The Balaban J connectivity index is 1.79. The Bertz CT molecular complexity index is 1030. The van der Waals surface area contributed by atoms with Crippen molar-refractivity contribution >= 4 is 56.5 Å². The van der Waals surface area contributed by atoms with Crippen LogP contribution in [0.25, 0.3) is 10.2 Å². The second-order valence-electron chi connectivity index (χ2n) is 5.54. The number of hydrogen-bond acceptors (Lipinski definition) is 5. The smallest absolute Gasteiger partial charge is 0.262 e. The summed E-state index contributed by atoms with van der Waals surface area (Å²) in [6.07, 6.45) is 0. The summed E-state index contributed by atoms with van der Waals surface area (Å²) < 4.78 is 1.49. The number of thiophene rings is 1. The van der Waals surface area contributed by atoms with Crippen LogP contribution in [0.3, 0.4) is 0 Å². The molecule has 0 saturated carbocycles. The highest BCUT2D eigenvalue weighted by Crippen LogP contribution is 2.28. The van der Waals surface area contributed by atoms with Crippen molar-refractivity contribution in [2.75, 3.05) is 11.1 Å². The van der Waals surface area contributed by atoms with Gasteiger partial charge in [-0.05, 0) is 31.5 Å². The molecule has 3 aromatic rings. The molecule has 0 spiro atoms. The number of amides is 1. The van der Waals surface area contributed by atoms with E-state index in [9.17, 15) is 9.59 Å². The fraction of sp³-hybridized carbons (Fsp3) is 0.235. The first-order chi connectivity index (χ1) is 11.9. The number of rotatable bonds is 4. The Morgan fingerprint density at radius 2 is 2.08 bits per heavy atom. The average Bonchev–Trinajstić information content (AvgIpc) is 2.86. The van der Waals surface area contributed by atoms with Crippen molar-refractivity contribution in [3.8, 4) is 0 Å². The van der Waals surface area contributed by atoms with Gasteiger partial charge in [-0.3, -0.25) is 14.2 Å². The van der Waals surface area contributed by atoms with Crippen LogP contribution >= 0.6 is 34.7 Å². The molecule has 8 heteroatoms. The lowest BCUT2D eigenvalue weighted by Crippen LogP contribution is -2.21. The topological polar surface area (TPSA) is 64.0 Å². The monoisotopic (exact) mass is 393 g/mol. The van der Waals surface area contributed by atoms with Crippen LogP contribution in [0, 0.1) is 13.8 Å². The number of aromatic nitrogens is 2. The third kappa shape index (κ3) is 3.58. The van der Waals surface area contributed by atoms with Crippen LogP contribution < -0.4 is 10.9 Å². The van der Waals surface area contributed by atoms with E-state index in [1.807, 2.05) is 13.8 Å². The molecule has 130 valence electrons. The third-order valence-corrected chi connectivity index (χ3v) is 6.31. The SMILES string of the molecule is Cc1sc2nc(SCC(=O)Nc3ccccc3Cl)n(C)c(=O)c2c1C. The first kappa shape index (κ1) is 18.0. The molecule has 0 aliphatic rings. The van der Waals surface area contributed by atoms with Crippen molar-refractivity contribution < 1.29 is 4.79 Å². The molecule has 0 radical (unpaired) electrons. The van der Waals surface area contributed by atoms with Gasteiger partial charge in [0.05, 0.1) is 21.8 Å². The van der Waals surface area contributed by atoms with Gasteiger partial charge in [0.25, 0.3) is 5.56 Å². The maximum absolute atomic E-state index is 12.6. The van der Waals surface area contributed by atoms with Crippen LogP contribution in [0.4, 0.5) is 5.69 Å². The van der Waals surface area contributed by atoms with E-state index in [1.165, 1.54) is 27.7 Å². The summed E-state index contributed by atoms with van der Waals surface area (Å²) in [7, 11) is 1.68. The van der Waals surface area contributed by atoms with Gasteiger partial charge in [-0.2, -0.15) is 0 Å². The van der Waals surface area contributed by atoms with Crippen LogP contribution in [-0.4, -0.2) is 21.2 Å². The third-order valence-electron chi connectivity index (χ3n) is 3.85. The molecule has 0 fully saturated rings. The second-order valence-corrected chi connectivity index (χ2v) is 8.09. The highest BCUT2D eigenvalue weighted by Gasteiger charge is 2.16. The number of fused-ring (bicyclic) bond motifs is 1. The molecule has 1 N–H and O–H groups in total. The van der Waals surface area contributed by atoms with Crippen LogP contribution in [0.15, 0.2) is 34.2 Å². The Hall–Kier alpha value is -1.83. The number of hydrogen-bond donors (Lipinski definition) is 1. The number of thioether (sulfide) groups is 1. The zero-order valence-electron chi connectivity index (χ0n) is 13.9. The Morgan fingerprint density at radius 1 is 1.36 bits per heavy atom. The van der Waals surface area contributed by atoms with Gasteiger partial charge >= 0.3 is 0 Å². The number of halogens is 1. The summed E-state index contributed by atoms with van der Waals surface area (Å²) in [6, 6.07) is 7.05. The zero-order chi connectivity index (χ0) is 18.1. The molecule has 0 unspecified atom stereocenters. The molecule has 2 heterocycles. The van der Waals surface area contributed by atoms with Gasteiger partial charge < -0.3 is 5.32 Å². The maximum Gasteiger partial charge on any atom is 0.262 e. The minimum Gasteiger partial charge on any atom is -0.324 e. The summed E-state index contributed by atoms with van der Waals surface area (Å²) in [5.74, 6) is -0.0636. The highest BCUT2D eigenvalue weighted by molar-refractivity contribution is 7.99. The van der Waals surface area contributed by atoms with Crippen molar-refractivity contribution in [3.63, 3.8) is 0 Å². The Morgan fingerprint density at radius 3 is 2.80 bits per heavy atom. The molecular formula is C17H16ClN3O2S2. The van der Waals surface area contributed by atoms with Crippen LogP contribution in [-0.2, 0) is 11.8 Å². The van der Waals surface area contributed by atoms with Gasteiger partial charge in [-0.1, -0.05) is 35.5 Å². The Kier molecular flexibility index (Phi) is 5.17. The van der Waals surface area contributed by atoms with Gasteiger partial charge in [-0.25, -0.2) is 4.98 Å². The van der Waals surface area contributed by atoms with E-state index in [-0.39, 0.29) is 17.2 Å². The molecule has 0 saturated heterocycles. The van der Waals surface area contributed by atoms with Crippen LogP contribution in [0.1, 0.15) is 10.4 Å². The molecule has 2 aromatic heterocycles. The van der Waals surface area contributed by atoms with E-state index in [1.54, 1.807) is 31.3 Å². The van der Waals surface area contributed by atoms with Gasteiger partial charge in [0.1, 0.15) is 4.83 Å². The van der Waals surface area contributed by atoms with E-state index in [4.69, 9.17) is 11.6 Å². The number of nitrogens with one attached hydrogen (secondary N) is 1.